The van der Waals surface area contributed by atoms with Crippen LogP contribution in [0.2, 0.25) is 0 Å². The Morgan fingerprint density at radius 2 is 2.16 bits per heavy atom. The number of ether oxygens (including phenoxy) is 2. The number of oxazole rings is 1. The van der Waals surface area contributed by atoms with Crippen LogP contribution in [0, 0.1) is 12.8 Å². The standard InChI is InChI=1S/C27H27N5O5/c1-16-3-2-4-18(9-16)27-30-23(15-36-27)26(34)29-22-10-19-12-32(8-6-17-5-7-28-25(17)33)31-21(19)11-24(22)37-20-13-35-14-20/h2-4,9-12,15,17,20H,5-8,13-14H2,1H3,(H,28,33)(H,29,34). The molecule has 0 saturated carbocycles. The first-order valence-electron chi connectivity index (χ1n) is 12.4. The third-order valence-electron chi connectivity index (χ3n) is 6.67. The van der Waals surface area contributed by atoms with E-state index in [-0.39, 0.29) is 23.6 Å². The summed E-state index contributed by atoms with van der Waals surface area (Å²) in [4.78, 5) is 29.4. The summed E-state index contributed by atoms with van der Waals surface area (Å²) in [5.41, 5.74) is 3.30. The molecule has 0 bridgehead atoms. The summed E-state index contributed by atoms with van der Waals surface area (Å²) in [6, 6.07) is 11.4. The molecule has 10 heteroatoms. The first kappa shape index (κ1) is 23.2. The van der Waals surface area contributed by atoms with Gasteiger partial charge in [-0.25, -0.2) is 4.98 Å². The quantitative estimate of drug-likeness (QED) is 0.379. The summed E-state index contributed by atoms with van der Waals surface area (Å²) in [5.74, 6) is 0.614. The number of nitrogens with one attached hydrogen (secondary N) is 2. The highest BCUT2D eigenvalue weighted by molar-refractivity contribution is 6.05. The highest BCUT2D eigenvalue weighted by Gasteiger charge is 2.25. The molecule has 1 atom stereocenters. The van der Waals surface area contributed by atoms with E-state index >= 15 is 0 Å². The van der Waals surface area contributed by atoms with E-state index in [4.69, 9.17) is 13.9 Å². The van der Waals surface area contributed by atoms with Crippen molar-refractivity contribution in [1.82, 2.24) is 20.1 Å². The monoisotopic (exact) mass is 501 g/mol. The lowest BCUT2D eigenvalue weighted by Gasteiger charge is -2.27. The molecule has 6 rings (SSSR count). The number of rotatable bonds is 8. The average molecular weight is 502 g/mol. The fourth-order valence-electron chi connectivity index (χ4n) is 4.56. The van der Waals surface area contributed by atoms with Gasteiger partial charge in [0.05, 0.1) is 24.4 Å². The zero-order valence-electron chi connectivity index (χ0n) is 20.4. The summed E-state index contributed by atoms with van der Waals surface area (Å²) >= 11 is 0. The van der Waals surface area contributed by atoms with Gasteiger partial charge < -0.3 is 24.5 Å². The summed E-state index contributed by atoms with van der Waals surface area (Å²) in [6.07, 6.45) is 4.76. The molecule has 2 amide bonds. The average Bonchev–Trinajstić information content (AvgIpc) is 3.59. The van der Waals surface area contributed by atoms with Gasteiger partial charge in [-0.1, -0.05) is 17.7 Å². The number of hydrogen-bond acceptors (Lipinski definition) is 7. The van der Waals surface area contributed by atoms with Crippen LogP contribution >= 0.6 is 0 Å². The zero-order chi connectivity index (χ0) is 25.4. The van der Waals surface area contributed by atoms with Crippen molar-refractivity contribution >= 4 is 28.4 Å². The number of anilines is 1. The van der Waals surface area contributed by atoms with Crippen molar-refractivity contribution in [2.45, 2.75) is 32.4 Å². The molecule has 2 aromatic carbocycles. The number of aromatic nitrogens is 3. The predicted molar refractivity (Wildman–Crippen MR) is 135 cm³/mol. The van der Waals surface area contributed by atoms with E-state index in [9.17, 15) is 9.59 Å². The lowest BCUT2D eigenvalue weighted by molar-refractivity contribution is -0.122. The molecular weight excluding hydrogens is 474 g/mol. The van der Waals surface area contributed by atoms with E-state index in [1.807, 2.05) is 54.2 Å². The van der Waals surface area contributed by atoms with Crippen molar-refractivity contribution in [3.8, 4) is 17.2 Å². The molecule has 1 unspecified atom stereocenters. The van der Waals surface area contributed by atoms with Gasteiger partial charge in [-0.2, -0.15) is 5.10 Å². The predicted octanol–water partition coefficient (Wildman–Crippen LogP) is 3.56. The lowest BCUT2D eigenvalue weighted by Crippen LogP contribution is -2.38. The molecule has 2 aliphatic rings. The third-order valence-corrected chi connectivity index (χ3v) is 6.67. The Kier molecular flexibility index (Phi) is 6.09. The lowest BCUT2D eigenvalue weighted by atomic mass is 10.0. The number of nitrogens with zero attached hydrogens (tertiary/aromatic N) is 3. The number of benzene rings is 2. The Balaban J connectivity index is 1.23. The van der Waals surface area contributed by atoms with E-state index in [1.54, 1.807) is 0 Å². The molecule has 2 fully saturated rings. The van der Waals surface area contributed by atoms with Crippen molar-refractivity contribution < 1.29 is 23.5 Å². The Labute approximate surface area is 213 Å². The minimum Gasteiger partial charge on any atom is -0.483 e. The van der Waals surface area contributed by atoms with E-state index in [1.165, 1.54) is 6.26 Å². The molecule has 2 aliphatic heterocycles. The topological polar surface area (TPSA) is 121 Å². The number of fused-ring (bicyclic) bond motifs is 1. The molecule has 2 aromatic heterocycles. The maximum absolute atomic E-state index is 13.1. The molecule has 0 spiro atoms. The van der Waals surface area contributed by atoms with Crippen LogP contribution in [-0.4, -0.2) is 52.4 Å². The van der Waals surface area contributed by atoms with Crippen LogP contribution in [0.3, 0.4) is 0 Å². The molecule has 2 N–H and O–H groups in total. The van der Waals surface area contributed by atoms with Gasteiger partial charge in [0.15, 0.2) is 5.69 Å². The van der Waals surface area contributed by atoms with Gasteiger partial charge in [0.25, 0.3) is 5.91 Å². The summed E-state index contributed by atoms with van der Waals surface area (Å²) < 4.78 is 18.7. The Bertz CT molecular complexity index is 1470. The summed E-state index contributed by atoms with van der Waals surface area (Å²) in [6.45, 7) is 4.33. The smallest absolute Gasteiger partial charge is 0.277 e. The number of amides is 2. The second-order valence-electron chi connectivity index (χ2n) is 9.50. The molecule has 37 heavy (non-hydrogen) atoms. The fraction of sp³-hybridized carbons (Fsp3) is 0.333. The Morgan fingerprint density at radius 3 is 2.92 bits per heavy atom. The van der Waals surface area contributed by atoms with E-state index in [0.29, 0.717) is 37.1 Å². The van der Waals surface area contributed by atoms with Crippen LogP contribution in [0.5, 0.6) is 5.75 Å². The molecule has 4 heterocycles. The van der Waals surface area contributed by atoms with Gasteiger partial charge in [0.2, 0.25) is 11.8 Å². The number of carbonyl (C=O) groups is 2. The van der Waals surface area contributed by atoms with Crippen LogP contribution in [0.15, 0.2) is 53.3 Å². The number of hydrogen-bond donors (Lipinski definition) is 2. The van der Waals surface area contributed by atoms with Gasteiger partial charge in [-0.05, 0) is 38.0 Å². The normalized spacial score (nSPS) is 17.5. The highest BCUT2D eigenvalue weighted by atomic mass is 16.6. The second kappa shape index (κ2) is 9.70. The van der Waals surface area contributed by atoms with E-state index < -0.39 is 5.91 Å². The van der Waals surface area contributed by atoms with Crippen molar-refractivity contribution in [3.63, 3.8) is 0 Å². The first-order valence-corrected chi connectivity index (χ1v) is 12.4. The summed E-state index contributed by atoms with van der Waals surface area (Å²) in [5, 5.41) is 11.3. The largest absolute Gasteiger partial charge is 0.483 e. The minimum atomic E-state index is -0.406. The first-order chi connectivity index (χ1) is 18.0. The third kappa shape index (κ3) is 4.92. The second-order valence-corrected chi connectivity index (χ2v) is 9.50. The molecular formula is C27H27N5O5. The van der Waals surface area contributed by atoms with Crippen molar-refractivity contribution in [2.75, 3.05) is 25.1 Å². The van der Waals surface area contributed by atoms with Crippen molar-refractivity contribution in [3.05, 3.63) is 60.1 Å². The van der Waals surface area contributed by atoms with E-state index in [0.717, 1.165) is 41.4 Å². The van der Waals surface area contributed by atoms with Crippen LogP contribution in [0.1, 0.15) is 28.9 Å². The van der Waals surface area contributed by atoms with Crippen LogP contribution < -0.4 is 15.4 Å². The van der Waals surface area contributed by atoms with E-state index in [2.05, 4.69) is 20.7 Å². The zero-order valence-corrected chi connectivity index (χ0v) is 20.4. The van der Waals surface area contributed by atoms with Crippen molar-refractivity contribution in [2.24, 2.45) is 5.92 Å². The number of aryl methyl sites for hydroxylation is 2. The highest BCUT2D eigenvalue weighted by Crippen LogP contribution is 2.32. The maximum Gasteiger partial charge on any atom is 0.277 e. The molecule has 190 valence electrons. The van der Waals surface area contributed by atoms with Crippen LogP contribution in [0.25, 0.3) is 22.4 Å². The van der Waals surface area contributed by atoms with Gasteiger partial charge in [-0.15, -0.1) is 0 Å². The van der Waals surface area contributed by atoms with Crippen molar-refractivity contribution in [1.29, 1.82) is 0 Å². The van der Waals surface area contributed by atoms with Gasteiger partial charge >= 0.3 is 0 Å². The molecule has 2 saturated heterocycles. The molecule has 10 nitrogen and oxygen atoms in total. The molecule has 0 radical (unpaired) electrons. The van der Waals surface area contributed by atoms with Crippen LogP contribution in [-0.2, 0) is 16.1 Å². The van der Waals surface area contributed by atoms with Crippen LogP contribution in [0.4, 0.5) is 5.69 Å². The Morgan fingerprint density at radius 1 is 1.27 bits per heavy atom. The minimum absolute atomic E-state index is 0.0202. The van der Waals surface area contributed by atoms with Gasteiger partial charge in [0, 0.05) is 42.2 Å². The number of carbonyl (C=O) groups excluding carboxylic acids is 2. The summed E-state index contributed by atoms with van der Waals surface area (Å²) in [7, 11) is 0. The Hall–Kier alpha value is -4.18. The molecule has 0 aliphatic carbocycles. The SMILES string of the molecule is Cc1cccc(-c2nc(C(=O)Nc3cc4cn(CCC5CCNC5=O)nc4cc3OC3COC3)co2)c1. The van der Waals surface area contributed by atoms with Gasteiger partial charge in [0.1, 0.15) is 18.1 Å². The van der Waals surface area contributed by atoms with Gasteiger partial charge in [-0.3, -0.25) is 14.3 Å². The fourth-order valence-corrected chi connectivity index (χ4v) is 4.56. The maximum atomic E-state index is 13.1. The molecule has 4 aromatic rings.